The van der Waals surface area contributed by atoms with Gasteiger partial charge in [0.15, 0.2) is 5.78 Å². The van der Waals surface area contributed by atoms with E-state index in [1.54, 1.807) is 18.2 Å². The molecule has 12 nitrogen and oxygen atoms in total. The fourth-order valence-corrected chi connectivity index (χ4v) is 5.43. The van der Waals surface area contributed by atoms with Gasteiger partial charge < -0.3 is 21.5 Å². The molecule has 1 aliphatic heterocycles. The summed E-state index contributed by atoms with van der Waals surface area (Å²) in [5, 5.41) is 26.2. The van der Waals surface area contributed by atoms with Crippen molar-refractivity contribution in [2.75, 3.05) is 6.54 Å². The van der Waals surface area contributed by atoms with Crippen molar-refractivity contribution in [1.82, 2.24) is 15.4 Å². The monoisotopic (exact) mass is 660 g/mol. The van der Waals surface area contributed by atoms with Gasteiger partial charge in [-0.05, 0) is 55.6 Å². The van der Waals surface area contributed by atoms with Gasteiger partial charge in [0.05, 0.1) is 21.0 Å². The molecule has 1 saturated heterocycles. The van der Waals surface area contributed by atoms with Gasteiger partial charge in [0.1, 0.15) is 17.9 Å². The van der Waals surface area contributed by atoms with Crippen LogP contribution in [0.1, 0.15) is 34.2 Å². The Bertz CT molecular complexity index is 1400. The van der Waals surface area contributed by atoms with E-state index in [2.05, 4.69) is 15.4 Å². The number of carboxylic acid groups (broad SMARTS) is 1. The molecule has 3 atom stereocenters. The molecule has 1 fully saturated rings. The van der Waals surface area contributed by atoms with Crippen molar-refractivity contribution in [1.29, 1.82) is 5.41 Å². The van der Waals surface area contributed by atoms with Gasteiger partial charge in [-0.25, -0.2) is 9.93 Å². The Morgan fingerprint density at radius 3 is 2.29 bits per heavy atom. The number of aliphatic carboxylic acids is 1. The SMILES string of the molecule is N=C(N)c1ccc(C(NC(=O)[C@@H](Cc2ccc(Cl)c(Cl)c2)NS(N)(=O)=O)C(=O)[C@@H]2CCCN2)s1.O=C(O)C(F)(F)F. The van der Waals surface area contributed by atoms with Crippen LogP contribution in [0, 0.1) is 5.41 Å². The second-order valence-corrected chi connectivity index (χ2v) is 11.8. The molecule has 1 aromatic heterocycles. The third-order valence-electron chi connectivity index (χ3n) is 5.44. The maximum absolute atomic E-state index is 13.3. The van der Waals surface area contributed by atoms with Gasteiger partial charge in [-0.2, -0.15) is 26.3 Å². The smallest absolute Gasteiger partial charge is 0.475 e. The van der Waals surface area contributed by atoms with Crippen molar-refractivity contribution in [2.45, 2.75) is 43.6 Å². The third-order valence-corrected chi connectivity index (χ3v) is 7.98. The van der Waals surface area contributed by atoms with Gasteiger partial charge >= 0.3 is 12.1 Å². The van der Waals surface area contributed by atoms with Crippen molar-refractivity contribution in [3.05, 3.63) is 55.7 Å². The number of nitrogens with two attached hydrogens (primary N) is 2. The first-order valence-electron chi connectivity index (χ1n) is 11.4. The zero-order valence-corrected chi connectivity index (χ0v) is 23.9. The van der Waals surface area contributed by atoms with E-state index in [1.807, 2.05) is 0 Å². The lowest BCUT2D eigenvalue weighted by Gasteiger charge is -2.24. The lowest BCUT2D eigenvalue weighted by molar-refractivity contribution is -0.192. The Hall–Kier alpha value is -2.80. The topological polar surface area (TPSA) is 218 Å². The van der Waals surface area contributed by atoms with E-state index < -0.39 is 46.4 Å². The summed E-state index contributed by atoms with van der Waals surface area (Å²) in [7, 11) is -4.26. The van der Waals surface area contributed by atoms with E-state index in [1.165, 1.54) is 12.1 Å². The van der Waals surface area contributed by atoms with E-state index in [-0.39, 0.29) is 23.1 Å². The minimum absolute atomic E-state index is 0.0924. The minimum Gasteiger partial charge on any atom is -0.475 e. The standard InChI is InChI=1S/C20H24Cl2N6O4S2.C2HF3O2/c21-11-4-3-10(8-12(11)22)9-14(28-34(25,31)32)20(30)27-17(18(29)13-2-1-7-26-13)15-5-6-16(33-15)19(23)24;3-2(4,5)1(6)7/h3-6,8,13-14,17,26,28H,1-2,7,9H2,(H3,23,24)(H,27,30)(H2,25,31,32);(H,6,7)/t13-,14+,17?;/m0./s1. The molecule has 226 valence electrons. The summed E-state index contributed by atoms with van der Waals surface area (Å²) in [6.45, 7) is 0.674. The van der Waals surface area contributed by atoms with Gasteiger partial charge in [0.2, 0.25) is 5.91 Å². The van der Waals surface area contributed by atoms with Crippen LogP contribution in [0.25, 0.3) is 0 Å². The number of Topliss-reactive ketones (excluding diaryl/α,β-unsaturated/α-hetero) is 1. The summed E-state index contributed by atoms with van der Waals surface area (Å²) in [5.41, 5.74) is 6.08. The number of benzene rings is 1. The molecule has 3 rings (SSSR count). The Morgan fingerprint density at radius 1 is 1.20 bits per heavy atom. The first-order chi connectivity index (χ1) is 18.9. The van der Waals surface area contributed by atoms with Crippen molar-refractivity contribution >= 4 is 68.2 Å². The van der Waals surface area contributed by atoms with Crippen LogP contribution < -0.4 is 26.2 Å². The number of amidine groups is 1. The van der Waals surface area contributed by atoms with Gasteiger partial charge in [0, 0.05) is 4.88 Å². The van der Waals surface area contributed by atoms with E-state index in [9.17, 15) is 31.2 Å². The molecule has 1 amide bonds. The number of carboxylic acids is 1. The Morgan fingerprint density at radius 2 is 1.83 bits per heavy atom. The molecule has 9 N–H and O–H groups in total. The number of hydrogen-bond acceptors (Lipinski definition) is 8. The molecule has 0 bridgehead atoms. The van der Waals surface area contributed by atoms with Gasteiger partial charge in [-0.3, -0.25) is 15.0 Å². The molecule has 0 radical (unpaired) electrons. The molecule has 2 heterocycles. The number of ketones is 1. The summed E-state index contributed by atoms with van der Waals surface area (Å²) in [6, 6.07) is 4.98. The van der Waals surface area contributed by atoms with Crippen molar-refractivity contribution in [3.8, 4) is 0 Å². The predicted molar refractivity (Wildman–Crippen MR) is 146 cm³/mol. The maximum atomic E-state index is 13.3. The number of amides is 1. The summed E-state index contributed by atoms with van der Waals surface area (Å²) >= 11 is 13.1. The molecule has 0 aliphatic carbocycles. The highest BCUT2D eigenvalue weighted by molar-refractivity contribution is 7.87. The number of carbonyl (C=O) groups is 3. The largest absolute Gasteiger partial charge is 0.490 e. The number of rotatable bonds is 10. The normalized spacial score (nSPS) is 16.7. The number of alkyl halides is 3. The van der Waals surface area contributed by atoms with Crippen molar-refractivity contribution < 1.29 is 41.1 Å². The van der Waals surface area contributed by atoms with E-state index in [0.29, 0.717) is 33.3 Å². The van der Waals surface area contributed by atoms with Gasteiger partial charge in [0.25, 0.3) is 10.2 Å². The van der Waals surface area contributed by atoms with Crippen LogP contribution in [0.2, 0.25) is 10.0 Å². The highest BCUT2D eigenvalue weighted by atomic mass is 35.5. The van der Waals surface area contributed by atoms with Crippen LogP contribution >= 0.6 is 34.5 Å². The number of hydrogen-bond donors (Lipinski definition) is 7. The second kappa shape index (κ2) is 14.4. The lowest BCUT2D eigenvalue weighted by atomic mass is 10.0. The number of halogens is 5. The zero-order valence-electron chi connectivity index (χ0n) is 20.8. The number of thiophene rings is 1. The molecular weight excluding hydrogens is 636 g/mol. The molecule has 41 heavy (non-hydrogen) atoms. The molecule has 19 heteroatoms. The number of carbonyl (C=O) groups excluding carboxylic acids is 2. The number of nitrogens with one attached hydrogen (secondary N) is 4. The zero-order chi connectivity index (χ0) is 31.1. The molecule has 0 spiro atoms. The average molecular weight is 662 g/mol. The molecule has 0 saturated carbocycles. The van der Waals surface area contributed by atoms with Crippen LogP contribution in [0.15, 0.2) is 30.3 Å². The molecule has 2 aromatic rings. The fourth-order valence-electron chi connectivity index (χ4n) is 3.60. The van der Waals surface area contributed by atoms with Crippen LogP contribution in [0.5, 0.6) is 0 Å². The fraction of sp³-hybridized carbons (Fsp3) is 0.364. The first-order valence-corrected chi connectivity index (χ1v) is 14.6. The Kier molecular flexibility index (Phi) is 12.1. The van der Waals surface area contributed by atoms with E-state index in [4.69, 9.17) is 49.4 Å². The van der Waals surface area contributed by atoms with Crippen LogP contribution in [0.3, 0.4) is 0 Å². The second-order valence-electron chi connectivity index (χ2n) is 8.58. The summed E-state index contributed by atoms with van der Waals surface area (Å²) < 4.78 is 57.4. The van der Waals surface area contributed by atoms with Crippen LogP contribution in [0.4, 0.5) is 13.2 Å². The highest BCUT2D eigenvalue weighted by Gasteiger charge is 2.38. The summed E-state index contributed by atoms with van der Waals surface area (Å²) in [5.74, 6) is -3.95. The van der Waals surface area contributed by atoms with Gasteiger partial charge in [-0.15, -0.1) is 11.3 Å². The summed E-state index contributed by atoms with van der Waals surface area (Å²) in [6.07, 6.45) is -3.75. The van der Waals surface area contributed by atoms with E-state index in [0.717, 1.165) is 17.8 Å². The van der Waals surface area contributed by atoms with E-state index >= 15 is 0 Å². The summed E-state index contributed by atoms with van der Waals surface area (Å²) in [4.78, 5) is 36.3. The van der Waals surface area contributed by atoms with Crippen LogP contribution in [-0.4, -0.2) is 61.8 Å². The first kappa shape index (κ1) is 34.4. The molecular formula is C22H25Cl2F3N6O6S2. The Balaban J connectivity index is 0.000000745. The molecule has 1 unspecified atom stereocenters. The number of nitrogen functional groups attached to an aromatic ring is 1. The Labute approximate surface area is 246 Å². The maximum Gasteiger partial charge on any atom is 0.490 e. The molecule has 1 aromatic carbocycles. The predicted octanol–water partition coefficient (Wildman–Crippen LogP) is 1.86. The quantitative estimate of drug-likeness (QED) is 0.147. The minimum atomic E-state index is -5.08. The average Bonchev–Trinajstić information content (AvgIpc) is 3.56. The third kappa shape index (κ3) is 10.8. The van der Waals surface area contributed by atoms with Crippen molar-refractivity contribution in [3.63, 3.8) is 0 Å². The van der Waals surface area contributed by atoms with Gasteiger partial charge in [-0.1, -0.05) is 29.3 Å². The van der Waals surface area contributed by atoms with Crippen molar-refractivity contribution in [2.24, 2.45) is 10.9 Å². The molecule has 1 aliphatic rings. The lowest BCUT2D eigenvalue weighted by Crippen LogP contribution is -2.52. The van der Waals surface area contributed by atoms with Crippen LogP contribution in [-0.2, 0) is 31.0 Å². The highest BCUT2D eigenvalue weighted by Crippen LogP contribution is 2.27.